The first-order valence-corrected chi connectivity index (χ1v) is 5.27. The monoisotopic (exact) mass is 222 g/mol. The van der Waals surface area contributed by atoms with Gasteiger partial charge in [0, 0.05) is 18.6 Å². The standard InChI is InChI=1S/C10H10N2O2S/c1-11-9(13)12(15-10(11)14)7-8-5-3-2-4-6-8/h2-6H,7H2,1H3. The molecule has 0 aliphatic heterocycles. The molecule has 0 saturated heterocycles. The highest BCUT2D eigenvalue weighted by atomic mass is 32.1. The molecule has 1 heterocycles. The lowest BCUT2D eigenvalue weighted by Crippen LogP contribution is -2.26. The van der Waals surface area contributed by atoms with Crippen molar-refractivity contribution in [1.82, 2.24) is 8.52 Å². The Bertz CT molecular complexity index is 565. The molecule has 1 aromatic heterocycles. The molecule has 4 nitrogen and oxygen atoms in total. The van der Waals surface area contributed by atoms with E-state index < -0.39 is 0 Å². The lowest BCUT2D eigenvalue weighted by atomic mass is 10.2. The van der Waals surface area contributed by atoms with Crippen LogP contribution < -0.4 is 10.6 Å². The van der Waals surface area contributed by atoms with Gasteiger partial charge in [-0.2, -0.15) is 0 Å². The van der Waals surface area contributed by atoms with Crippen LogP contribution in [0.3, 0.4) is 0 Å². The van der Waals surface area contributed by atoms with Crippen LogP contribution >= 0.6 is 11.5 Å². The molecule has 2 rings (SSSR count). The van der Waals surface area contributed by atoms with Gasteiger partial charge in [-0.1, -0.05) is 30.3 Å². The Balaban J connectivity index is 2.38. The molecule has 0 fully saturated rings. The summed E-state index contributed by atoms with van der Waals surface area (Å²) in [6.45, 7) is 0.459. The predicted octanol–water partition coefficient (Wildman–Crippen LogP) is 0.657. The second kappa shape index (κ2) is 3.86. The number of hydrogen-bond donors (Lipinski definition) is 0. The van der Waals surface area contributed by atoms with Crippen LogP contribution in [0.15, 0.2) is 39.9 Å². The number of nitrogens with zero attached hydrogens (tertiary/aromatic N) is 2. The Morgan fingerprint density at radius 3 is 2.40 bits per heavy atom. The van der Waals surface area contributed by atoms with E-state index in [4.69, 9.17) is 0 Å². The number of rotatable bonds is 2. The molecule has 0 bridgehead atoms. The minimum Gasteiger partial charge on any atom is -0.255 e. The van der Waals surface area contributed by atoms with Crippen LogP contribution in [0.25, 0.3) is 0 Å². The van der Waals surface area contributed by atoms with Crippen molar-refractivity contribution in [3.05, 3.63) is 56.0 Å². The second-order valence-electron chi connectivity index (χ2n) is 3.22. The first-order chi connectivity index (χ1) is 7.18. The topological polar surface area (TPSA) is 44.0 Å². The molecule has 0 aliphatic rings. The SMILES string of the molecule is Cn1c(=O)sn(Cc2ccccc2)c1=O. The number of aromatic nitrogens is 2. The molecule has 0 spiro atoms. The average molecular weight is 222 g/mol. The van der Waals surface area contributed by atoms with Gasteiger partial charge in [-0.15, -0.1) is 0 Å². The van der Waals surface area contributed by atoms with Crippen molar-refractivity contribution >= 4 is 11.5 Å². The molecule has 78 valence electrons. The molecule has 0 atom stereocenters. The van der Waals surface area contributed by atoms with Gasteiger partial charge in [0.25, 0.3) is 0 Å². The minimum atomic E-state index is -0.256. The van der Waals surface area contributed by atoms with Crippen molar-refractivity contribution in [3.63, 3.8) is 0 Å². The second-order valence-corrected chi connectivity index (χ2v) is 4.19. The third kappa shape index (κ3) is 1.92. The van der Waals surface area contributed by atoms with Gasteiger partial charge in [0.05, 0.1) is 6.54 Å². The summed E-state index contributed by atoms with van der Waals surface area (Å²) >= 11 is 0.947. The fraction of sp³-hybridized carbons (Fsp3) is 0.200. The van der Waals surface area contributed by atoms with Gasteiger partial charge in [-0.3, -0.25) is 9.36 Å². The molecular weight excluding hydrogens is 212 g/mol. The van der Waals surface area contributed by atoms with E-state index in [0.29, 0.717) is 6.54 Å². The average Bonchev–Trinajstić information content (AvgIpc) is 2.48. The highest BCUT2D eigenvalue weighted by molar-refractivity contribution is 7.03. The number of benzene rings is 1. The van der Waals surface area contributed by atoms with Crippen LogP contribution in [0.1, 0.15) is 5.56 Å². The summed E-state index contributed by atoms with van der Waals surface area (Å²) in [6, 6.07) is 9.59. The first kappa shape index (κ1) is 9.92. The normalized spacial score (nSPS) is 10.5. The van der Waals surface area contributed by atoms with Crippen molar-refractivity contribution < 1.29 is 0 Å². The van der Waals surface area contributed by atoms with Crippen LogP contribution in [0.2, 0.25) is 0 Å². The molecular formula is C10H10N2O2S. The first-order valence-electron chi connectivity index (χ1n) is 4.49. The summed E-state index contributed by atoms with van der Waals surface area (Å²) in [5, 5.41) is 0. The predicted molar refractivity (Wildman–Crippen MR) is 59.4 cm³/mol. The lowest BCUT2D eigenvalue weighted by Gasteiger charge is -1.98. The lowest BCUT2D eigenvalue weighted by molar-refractivity contribution is 0.736. The van der Waals surface area contributed by atoms with Crippen LogP contribution in [0, 0.1) is 0 Å². The molecule has 0 unspecified atom stereocenters. The summed E-state index contributed by atoms with van der Waals surface area (Å²) in [7, 11) is 1.49. The van der Waals surface area contributed by atoms with Crippen molar-refractivity contribution in [2.24, 2.45) is 7.05 Å². The van der Waals surface area contributed by atoms with Gasteiger partial charge < -0.3 is 0 Å². The smallest absolute Gasteiger partial charge is 0.255 e. The summed E-state index contributed by atoms with van der Waals surface area (Å²) < 4.78 is 2.57. The molecule has 0 saturated carbocycles. The summed E-state index contributed by atoms with van der Waals surface area (Å²) in [5.41, 5.74) is 0.760. The Morgan fingerprint density at radius 1 is 1.20 bits per heavy atom. The molecule has 1 aromatic carbocycles. The molecule has 2 aromatic rings. The molecule has 5 heteroatoms. The zero-order chi connectivity index (χ0) is 10.8. The van der Waals surface area contributed by atoms with Crippen molar-refractivity contribution in [2.75, 3.05) is 0 Å². The minimum absolute atomic E-state index is 0.226. The summed E-state index contributed by atoms with van der Waals surface area (Å²) in [6.07, 6.45) is 0. The Hall–Kier alpha value is -1.62. The van der Waals surface area contributed by atoms with Gasteiger partial charge in [-0.05, 0) is 5.56 Å². The molecule has 15 heavy (non-hydrogen) atoms. The highest BCUT2D eigenvalue weighted by Gasteiger charge is 2.05. The molecule has 0 aliphatic carbocycles. The van der Waals surface area contributed by atoms with Gasteiger partial charge in [-0.25, -0.2) is 8.75 Å². The van der Waals surface area contributed by atoms with Crippen molar-refractivity contribution in [3.8, 4) is 0 Å². The van der Waals surface area contributed by atoms with E-state index in [9.17, 15) is 9.59 Å². The van der Waals surface area contributed by atoms with Crippen molar-refractivity contribution in [2.45, 2.75) is 6.54 Å². The van der Waals surface area contributed by atoms with E-state index in [1.165, 1.54) is 11.0 Å². The summed E-state index contributed by atoms with van der Waals surface area (Å²) in [4.78, 5) is 22.5. The van der Waals surface area contributed by atoms with Gasteiger partial charge >= 0.3 is 10.6 Å². The molecule has 0 N–H and O–H groups in total. The van der Waals surface area contributed by atoms with Gasteiger partial charge in [0.1, 0.15) is 0 Å². The summed E-state index contributed by atoms with van der Waals surface area (Å²) in [5.74, 6) is 0. The third-order valence-corrected chi connectivity index (χ3v) is 3.07. The maximum absolute atomic E-state index is 11.5. The van der Waals surface area contributed by atoms with Crippen LogP contribution in [-0.4, -0.2) is 8.52 Å². The quantitative estimate of drug-likeness (QED) is 0.749. The fourth-order valence-electron chi connectivity index (χ4n) is 1.29. The zero-order valence-electron chi connectivity index (χ0n) is 8.21. The van der Waals surface area contributed by atoms with E-state index >= 15 is 0 Å². The fourth-order valence-corrected chi connectivity index (χ4v) is 2.09. The number of hydrogen-bond acceptors (Lipinski definition) is 3. The Labute approximate surface area is 90.2 Å². The highest BCUT2D eigenvalue weighted by Crippen LogP contribution is 2.00. The third-order valence-electron chi connectivity index (χ3n) is 2.13. The van der Waals surface area contributed by atoms with Crippen LogP contribution in [0.5, 0.6) is 0 Å². The van der Waals surface area contributed by atoms with E-state index in [1.54, 1.807) is 0 Å². The maximum Gasteiger partial charge on any atom is 0.341 e. The van der Waals surface area contributed by atoms with E-state index in [1.807, 2.05) is 30.3 Å². The maximum atomic E-state index is 11.5. The van der Waals surface area contributed by atoms with E-state index in [2.05, 4.69) is 0 Å². The van der Waals surface area contributed by atoms with E-state index in [-0.39, 0.29) is 10.6 Å². The van der Waals surface area contributed by atoms with Crippen LogP contribution in [-0.2, 0) is 13.6 Å². The van der Waals surface area contributed by atoms with Crippen molar-refractivity contribution in [1.29, 1.82) is 0 Å². The van der Waals surface area contributed by atoms with Gasteiger partial charge in [0.2, 0.25) is 0 Å². The van der Waals surface area contributed by atoms with E-state index in [0.717, 1.165) is 21.7 Å². The zero-order valence-corrected chi connectivity index (χ0v) is 9.03. The molecule has 0 amide bonds. The molecule has 0 radical (unpaired) electrons. The van der Waals surface area contributed by atoms with Gasteiger partial charge in [0.15, 0.2) is 0 Å². The Kier molecular flexibility index (Phi) is 2.55. The largest absolute Gasteiger partial charge is 0.341 e. The van der Waals surface area contributed by atoms with Crippen LogP contribution in [0.4, 0.5) is 0 Å². The Morgan fingerprint density at radius 2 is 1.87 bits per heavy atom.